The second-order valence-corrected chi connectivity index (χ2v) is 7.85. The number of thiazole rings is 1. The van der Waals surface area contributed by atoms with Crippen LogP contribution in [0.15, 0.2) is 23.0 Å². The van der Waals surface area contributed by atoms with Gasteiger partial charge in [-0.15, -0.1) is 0 Å². The molecule has 0 bridgehead atoms. The highest BCUT2D eigenvalue weighted by molar-refractivity contribution is 7.22. The van der Waals surface area contributed by atoms with Crippen LogP contribution in [0.1, 0.15) is 32.2 Å². The first-order valence-corrected chi connectivity index (χ1v) is 10.3. The number of morpholine rings is 1. The van der Waals surface area contributed by atoms with E-state index < -0.39 is 23.8 Å². The van der Waals surface area contributed by atoms with Crippen molar-refractivity contribution in [3.05, 3.63) is 51.1 Å². The van der Waals surface area contributed by atoms with Gasteiger partial charge in [-0.1, -0.05) is 30.4 Å². The smallest absolute Gasteiger partial charge is 0.378 e. The molecule has 0 spiro atoms. The van der Waals surface area contributed by atoms with Gasteiger partial charge in [-0.2, -0.15) is 18.2 Å². The number of anilines is 1. The minimum absolute atomic E-state index is 0.0574. The summed E-state index contributed by atoms with van der Waals surface area (Å²) in [4.78, 5) is 22.8. The second kappa shape index (κ2) is 7.99. The van der Waals surface area contributed by atoms with Crippen molar-refractivity contribution in [1.82, 2.24) is 14.5 Å². The molecule has 0 N–H and O–H groups in total. The van der Waals surface area contributed by atoms with E-state index in [0.717, 1.165) is 17.4 Å². The van der Waals surface area contributed by atoms with E-state index in [0.29, 0.717) is 35.2 Å². The number of aromatic nitrogens is 3. The average molecular weight is 440 g/mol. The highest BCUT2D eigenvalue weighted by Gasteiger charge is 2.33. The molecule has 0 saturated carbocycles. The first-order chi connectivity index (χ1) is 15.0. The number of benzene rings is 1. The van der Waals surface area contributed by atoms with Gasteiger partial charge in [-0.3, -0.25) is 4.79 Å². The number of alkyl halides is 3. The Balaban J connectivity index is 1.86. The summed E-state index contributed by atoms with van der Waals surface area (Å²) in [5.41, 5.74) is -0.349. The fourth-order valence-electron chi connectivity index (χ4n) is 3.45. The number of halogens is 3. The Morgan fingerprint density at radius 2 is 2.10 bits per heavy atom. The van der Waals surface area contributed by atoms with Gasteiger partial charge in [0.2, 0.25) is 0 Å². The molecule has 0 atom stereocenters. The van der Waals surface area contributed by atoms with Crippen LogP contribution in [0.3, 0.4) is 0 Å². The number of hydrogen-bond acceptors (Lipinski definition) is 6. The zero-order valence-corrected chi connectivity index (χ0v) is 17.2. The van der Waals surface area contributed by atoms with E-state index in [2.05, 4.69) is 9.97 Å². The lowest BCUT2D eigenvalue weighted by Crippen LogP contribution is -2.36. The molecule has 2 aromatic heterocycles. The van der Waals surface area contributed by atoms with Crippen molar-refractivity contribution in [2.45, 2.75) is 33.0 Å². The molecule has 1 aromatic carbocycles. The van der Waals surface area contributed by atoms with Crippen LogP contribution in [-0.2, 0) is 23.9 Å². The zero-order valence-electron chi connectivity index (χ0n) is 18.4. The number of hydrogen-bond donors (Lipinski definition) is 0. The molecule has 1 fully saturated rings. The van der Waals surface area contributed by atoms with Crippen LogP contribution in [0.2, 0.25) is 0 Å². The van der Waals surface area contributed by atoms with Gasteiger partial charge in [0.25, 0.3) is 5.56 Å². The van der Waals surface area contributed by atoms with Crippen molar-refractivity contribution in [2.24, 2.45) is 0 Å². The quantitative estimate of drug-likeness (QED) is 0.620. The summed E-state index contributed by atoms with van der Waals surface area (Å²) >= 11 is 1.03. The van der Waals surface area contributed by atoms with Crippen LogP contribution in [0.4, 0.5) is 18.3 Å². The van der Waals surface area contributed by atoms with E-state index in [4.69, 9.17) is 7.48 Å². The van der Waals surface area contributed by atoms with Crippen LogP contribution >= 0.6 is 11.3 Å². The van der Waals surface area contributed by atoms with E-state index in [1.54, 1.807) is 17.6 Å². The minimum Gasteiger partial charge on any atom is -0.378 e. The molecule has 1 saturated heterocycles. The van der Waals surface area contributed by atoms with Crippen LogP contribution in [-0.4, -0.2) is 40.8 Å². The summed E-state index contributed by atoms with van der Waals surface area (Å²) < 4.78 is 63.6. The molecule has 1 aliphatic heterocycles. The SMILES string of the molecule is [2H]C1([2H])COCCN1c1nc2c(s1)c(=O)nc(CC)n2Cc1cccc(C(F)(F)F)c1C. The van der Waals surface area contributed by atoms with Crippen molar-refractivity contribution < 1.29 is 20.6 Å². The molecule has 0 aliphatic carbocycles. The molecule has 1 aliphatic rings. The normalized spacial score (nSPS) is 17.8. The van der Waals surface area contributed by atoms with Crippen molar-refractivity contribution in [3.63, 3.8) is 0 Å². The van der Waals surface area contributed by atoms with Crippen LogP contribution in [0.5, 0.6) is 0 Å². The molecule has 0 radical (unpaired) electrons. The lowest BCUT2D eigenvalue weighted by molar-refractivity contribution is -0.138. The van der Waals surface area contributed by atoms with Crippen LogP contribution in [0.25, 0.3) is 10.3 Å². The maximum Gasteiger partial charge on any atom is 0.416 e. The van der Waals surface area contributed by atoms with E-state index in [-0.39, 0.29) is 30.0 Å². The van der Waals surface area contributed by atoms with E-state index in [1.165, 1.54) is 17.9 Å². The molecule has 30 heavy (non-hydrogen) atoms. The Labute approximate surface area is 177 Å². The monoisotopic (exact) mass is 440 g/mol. The first kappa shape index (κ1) is 18.3. The Morgan fingerprint density at radius 3 is 2.80 bits per heavy atom. The van der Waals surface area contributed by atoms with Gasteiger partial charge in [-0.25, -0.2) is 4.98 Å². The summed E-state index contributed by atoms with van der Waals surface area (Å²) in [6, 6.07) is 4.01. The maximum absolute atomic E-state index is 13.4. The van der Waals surface area contributed by atoms with E-state index >= 15 is 0 Å². The van der Waals surface area contributed by atoms with Crippen LogP contribution in [0, 0.1) is 6.92 Å². The van der Waals surface area contributed by atoms with Gasteiger partial charge in [0, 0.05) is 19.5 Å². The fraction of sp³-hybridized carbons (Fsp3) is 0.450. The minimum atomic E-state index is -4.47. The predicted molar refractivity (Wildman–Crippen MR) is 109 cm³/mol. The topological polar surface area (TPSA) is 60.2 Å². The Hall–Kier alpha value is -2.46. The molecule has 10 heteroatoms. The lowest BCUT2D eigenvalue weighted by Gasteiger charge is -2.25. The highest BCUT2D eigenvalue weighted by atomic mass is 32.1. The van der Waals surface area contributed by atoms with Gasteiger partial charge in [0.1, 0.15) is 10.5 Å². The number of ether oxygens (including phenoxy) is 1. The second-order valence-electron chi connectivity index (χ2n) is 6.87. The molecule has 3 heterocycles. The summed E-state index contributed by atoms with van der Waals surface area (Å²) in [6.45, 7) is 1.95. The van der Waals surface area contributed by atoms with Crippen molar-refractivity contribution >= 4 is 26.8 Å². The number of rotatable bonds is 4. The number of nitrogens with zero attached hydrogens (tertiary/aromatic N) is 4. The Bertz CT molecular complexity index is 1230. The van der Waals surface area contributed by atoms with E-state index in [9.17, 15) is 18.0 Å². The molecule has 3 aromatic rings. The molecule has 0 unspecified atom stereocenters. The molecular formula is C20H21F3N4O2S. The largest absolute Gasteiger partial charge is 0.416 e. The number of fused-ring (bicyclic) bond motifs is 1. The summed E-state index contributed by atoms with van der Waals surface area (Å²) in [5.74, 6) is 0.404. The molecular weight excluding hydrogens is 417 g/mol. The Morgan fingerprint density at radius 1 is 1.30 bits per heavy atom. The molecule has 0 amide bonds. The van der Waals surface area contributed by atoms with Gasteiger partial charge < -0.3 is 14.2 Å². The summed E-state index contributed by atoms with van der Waals surface area (Å²) in [5, 5.41) is 0.315. The van der Waals surface area contributed by atoms with Gasteiger partial charge in [-0.05, 0) is 24.1 Å². The molecule has 160 valence electrons. The van der Waals surface area contributed by atoms with Crippen LogP contribution < -0.4 is 10.5 Å². The first-order valence-electron chi connectivity index (χ1n) is 10.4. The molecule has 4 rings (SSSR count). The predicted octanol–water partition coefficient (Wildman–Crippen LogP) is 3.63. The van der Waals surface area contributed by atoms with Gasteiger partial charge in [0.15, 0.2) is 10.8 Å². The molecule has 6 nitrogen and oxygen atoms in total. The third kappa shape index (κ3) is 3.81. The third-order valence-corrected chi connectivity index (χ3v) is 6.09. The van der Waals surface area contributed by atoms with Gasteiger partial charge >= 0.3 is 6.18 Å². The third-order valence-electron chi connectivity index (χ3n) is 5.03. The average Bonchev–Trinajstić information content (AvgIpc) is 3.15. The maximum atomic E-state index is 13.4. The Kier molecular flexibility index (Phi) is 4.88. The lowest BCUT2D eigenvalue weighted by atomic mass is 10.0. The fourth-order valence-corrected chi connectivity index (χ4v) is 4.41. The highest BCUT2D eigenvalue weighted by Crippen LogP contribution is 2.34. The van der Waals surface area contributed by atoms with Crippen molar-refractivity contribution in [1.29, 1.82) is 0 Å². The standard InChI is InChI=1S/C20H21F3N4O2S/c1-3-15-24-18(28)16-17(25-19(30-16)26-7-9-29-10-8-26)27(15)11-13-5-4-6-14(12(13)2)20(21,22)23/h4-6H,3,7-11H2,1-2H3/i7D2. The summed E-state index contributed by atoms with van der Waals surface area (Å²) in [7, 11) is 0. The van der Waals surface area contributed by atoms with Gasteiger partial charge in [0.05, 0.1) is 28.1 Å². The van der Waals surface area contributed by atoms with Crippen molar-refractivity contribution in [2.75, 3.05) is 31.2 Å². The summed E-state index contributed by atoms with van der Waals surface area (Å²) in [6.07, 6.45) is -4.09. The number of aryl methyl sites for hydroxylation is 1. The van der Waals surface area contributed by atoms with Crippen molar-refractivity contribution in [3.8, 4) is 0 Å². The van der Waals surface area contributed by atoms with E-state index in [1.807, 2.05) is 0 Å². The zero-order chi connectivity index (χ0) is 23.3.